The number of hydrogen-bond donors (Lipinski definition) is 1. The third-order valence-corrected chi connectivity index (χ3v) is 4.34. The van der Waals surface area contributed by atoms with Crippen LogP contribution in [0.1, 0.15) is 84.1 Å². The molecule has 21 heavy (non-hydrogen) atoms. The number of benzene rings is 1. The first-order chi connectivity index (χ1) is 10.2. The summed E-state index contributed by atoms with van der Waals surface area (Å²) in [5.41, 5.74) is 1.46. The zero-order valence-electron chi connectivity index (χ0n) is 14.5. The molecule has 0 fully saturated rings. The lowest BCUT2D eigenvalue weighted by Gasteiger charge is -2.27. The molecule has 0 amide bonds. The normalized spacial score (nSPS) is 11.8. The highest BCUT2D eigenvalue weighted by atomic mass is 14.9. The fourth-order valence-electron chi connectivity index (χ4n) is 2.79. The Bertz CT molecular complexity index is 342. The highest BCUT2D eigenvalue weighted by Crippen LogP contribution is 2.19. The third kappa shape index (κ3) is 8.26. The van der Waals surface area contributed by atoms with E-state index in [1.165, 1.54) is 63.4 Å². The van der Waals surface area contributed by atoms with Crippen molar-refractivity contribution < 1.29 is 0 Å². The van der Waals surface area contributed by atoms with E-state index in [2.05, 4.69) is 56.4 Å². The van der Waals surface area contributed by atoms with E-state index >= 15 is 0 Å². The molecule has 0 aromatic heterocycles. The summed E-state index contributed by atoms with van der Waals surface area (Å²) in [5, 5.41) is 3.69. The summed E-state index contributed by atoms with van der Waals surface area (Å²) in [4.78, 5) is 0. The van der Waals surface area contributed by atoms with Gasteiger partial charge in [0.25, 0.3) is 0 Å². The zero-order chi connectivity index (χ0) is 15.4. The second-order valence-electron chi connectivity index (χ2n) is 6.75. The quantitative estimate of drug-likeness (QED) is 0.462. The Morgan fingerprint density at radius 2 is 1.29 bits per heavy atom. The lowest BCUT2D eigenvalue weighted by molar-refractivity contribution is 0.394. The molecule has 1 aromatic carbocycles. The van der Waals surface area contributed by atoms with Gasteiger partial charge in [-0.05, 0) is 32.4 Å². The molecule has 1 nitrogen and oxygen atoms in total. The van der Waals surface area contributed by atoms with Crippen LogP contribution in [0.5, 0.6) is 0 Å². The number of nitrogens with one attached hydrogen (secondary N) is 1. The van der Waals surface area contributed by atoms with Crippen LogP contribution in [0.15, 0.2) is 30.3 Å². The Morgan fingerprint density at radius 3 is 1.86 bits per heavy atom. The molecule has 120 valence electrons. The van der Waals surface area contributed by atoms with Gasteiger partial charge in [-0.1, -0.05) is 88.6 Å². The highest BCUT2D eigenvalue weighted by molar-refractivity contribution is 5.22. The molecule has 0 saturated heterocycles. The molecule has 1 N–H and O–H groups in total. The summed E-state index contributed by atoms with van der Waals surface area (Å²) in [7, 11) is 0. The highest BCUT2D eigenvalue weighted by Gasteiger charge is 2.18. The summed E-state index contributed by atoms with van der Waals surface area (Å²) in [6.45, 7) is 7.95. The molecule has 0 saturated carbocycles. The lowest BCUT2D eigenvalue weighted by Crippen LogP contribution is -2.37. The predicted molar refractivity (Wildman–Crippen MR) is 94.7 cm³/mol. The van der Waals surface area contributed by atoms with E-state index in [1.54, 1.807) is 0 Å². The van der Waals surface area contributed by atoms with Crippen LogP contribution < -0.4 is 5.32 Å². The maximum Gasteiger partial charge on any atom is 0.0377 e. The fraction of sp³-hybridized carbons (Fsp3) is 0.700. The van der Waals surface area contributed by atoms with Gasteiger partial charge in [0.05, 0.1) is 0 Å². The van der Waals surface area contributed by atoms with Gasteiger partial charge in [-0.2, -0.15) is 0 Å². The van der Waals surface area contributed by atoms with Crippen molar-refractivity contribution in [3.63, 3.8) is 0 Å². The van der Waals surface area contributed by atoms with Crippen molar-refractivity contribution in [2.24, 2.45) is 0 Å². The van der Waals surface area contributed by atoms with Crippen molar-refractivity contribution in [3.05, 3.63) is 35.9 Å². The van der Waals surface area contributed by atoms with Crippen LogP contribution in [0, 0.1) is 0 Å². The first-order valence-electron chi connectivity index (χ1n) is 8.97. The second-order valence-corrected chi connectivity index (χ2v) is 6.75. The molecule has 0 unspecified atom stereocenters. The van der Waals surface area contributed by atoms with Crippen molar-refractivity contribution in [1.82, 2.24) is 5.32 Å². The minimum absolute atomic E-state index is 0.0847. The second kappa shape index (κ2) is 10.8. The van der Waals surface area contributed by atoms with Crippen molar-refractivity contribution in [2.45, 2.75) is 84.1 Å². The number of hydrogen-bond acceptors (Lipinski definition) is 1. The van der Waals surface area contributed by atoms with Crippen molar-refractivity contribution in [1.29, 1.82) is 0 Å². The van der Waals surface area contributed by atoms with Gasteiger partial charge in [0.1, 0.15) is 0 Å². The van der Waals surface area contributed by atoms with Crippen LogP contribution in [0.4, 0.5) is 0 Å². The van der Waals surface area contributed by atoms with Crippen molar-refractivity contribution in [3.8, 4) is 0 Å². The van der Waals surface area contributed by atoms with Crippen LogP contribution in [0.3, 0.4) is 0 Å². The molecular formula is C20H35N. The molecule has 1 aromatic rings. The Morgan fingerprint density at radius 1 is 0.762 bits per heavy atom. The molecule has 0 aliphatic carbocycles. The smallest absolute Gasteiger partial charge is 0.0377 e. The fourth-order valence-corrected chi connectivity index (χ4v) is 2.79. The summed E-state index contributed by atoms with van der Waals surface area (Å²) < 4.78 is 0. The molecule has 1 heteroatoms. The first-order valence-corrected chi connectivity index (χ1v) is 8.97. The van der Waals surface area contributed by atoms with Gasteiger partial charge < -0.3 is 5.32 Å². The average Bonchev–Trinajstić information content (AvgIpc) is 2.50. The maximum absolute atomic E-state index is 3.69. The molecular weight excluding hydrogens is 254 g/mol. The Balaban J connectivity index is 2.01. The van der Waals surface area contributed by atoms with Crippen LogP contribution in [-0.2, 0) is 5.54 Å². The molecule has 0 bridgehead atoms. The lowest BCUT2D eigenvalue weighted by atomic mass is 9.94. The molecule has 0 heterocycles. The van der Waals surface area contributed by atoms with E-state index in [4.69, 9.17) is 0 Å². The molecule has 0 atom stereocenters. The van der Waals surface area contributed by atoms with Gasteiger partial charge in [0, 0.05) is 5.54 Å². The van der Waals surface area contributed by atoms with Crippen molar-refractivity contribution in [2.75, 3.05) is 6.54 Å². The average molecular weight is 290 g/mol. The van der Waals surface area contributed by atoms with Gasteiger partial charge >= 0.3 is 0 Å². The standard InChI is InChI=1S/C20H35N/c1-4-5-6-7-8-9-10-11-15-18-21-20(2,3)19-16-13-12-14-17-19/h12-14,16-17,21H,4-11,15,18H2,1-3H3. The predicted octanol–water partition coefficient (Wildman–Crippen LogP) is 6.04. The zero-order valence-corrected chi connectivity index (χ0v) is 14.5. The van der Waals surface area contributed by atoms with Gasteiger partial charge in [0.2, 0.25) is 0 Å². The summed E-state index contributed by atoms with van der Waals surface area (Å²) in [6.07, 6.45) is 12.6. The van der Waals surface area contributed by atoms with Crippen LogP contribution >= 0.6 is 0 Å². The monoisotopic (exact) mass is 289 g/mol. The Labute approximate surface area is 132 Å². The van der Waals surface area contributed by atoms with Crippen molar-refractivity contribution >= 4 is 0 Å². The van der Waals surface area contributed by atoms with E-state index in [0.29, 0.717) is 0 Å². The molecule has 1 rings (SSSR count). The number of rotatable bonds is 12. The topological polar surface area (TPSA) is 12.0 Å². The van der Waals surface area contributed by atoms with Gasteiger partial charge in [-0.3, -0.25) is 0 Å². The SMILES string of the molecule is CCCCCCCCCCCNC(C)(C)c1ccccc1. The van der Waals surface area contributed by atoms with E-state index in [-0.39, 0.29) is 5.54 Å². The molecule has 0 aliphatic heterocycles. The Hall–Kier alpha value is -0.820. The molecule has 0 radical (unpaired) electrons. The van der Waals surface area contributed by atoms with E-state index in [0.717, 1.165) is 6.54 Å². The minimum atomic E-state index is 0.0847. The number of unbranched alkanes of at least 4 members (excludes halogenated alkanes) is 8. The summed E-state index contributed by atoms with van der Waals surface area (Å²) in [5.74, 6) is 0. The molecule has 0 spiro atoms. The minimum Gasteiger partial charge on any atom is -0.308 e. The van der Waals surface area contributed by atoms with Crippen LogP contribution in [0.2, 0.25) is 0 Å². The molecule has 0 aliphatic rings. The third-order valence-electron chi connectivity index (χ3n) is 4.34. The Kier molecular flexibility index (Phi) is 9.41. The van der Waals surface area contributed by atoms with Gasteiger partial charge in [0.15, 0.2) is 0 Å². The van der Waals surface area contributed by atoms with Gasteiger partial charge in [-0.25, -0.2) is 0 Å². The van der Waals surface area contributed by atoms with E-state index < -0.39 is 0 Å². The van der Waals surface area contributed by atoms with Crippen LogP contribution in [0.25, 0.3) is 0 Å². The van der Waals surface area contributed by atoms with Crippen LogP contribution in [-0.4, -0.2) is 6.54 Å². The summed E-state index contributed by atoms with van der Waals surface area (Å²) in [6, 6.07) is 10.8. The largest absolute Gasteiger partial charge is 0.308 e. The maximum atomic E-state index is 3.69. The van der Waals surface area contributed by atoms with E-state index in [1.807, 2.05) is 0 Å². The first kappa shape index (κ1) is 18.2. The van der Waals surface area contributed by atoms with Gasteiger partial charge in [-0.15, -0.1) is 0 Å². The summed E-state index contributed by atoms with van der Waals surface area (Å²) >= 11 is 0. The van der Waals surface area contributed by atoms with E-state index in [9.17, 15) is 0 Å².